The molecule has 0 aliphatic heterocycles. The van der Waals surface area contributed by atoms with Gasteiger partial charge in [-0.1, -0.05) is 17.7 Å². The summed E-state index contributed by atoms with van der Waals surface area (Å²) in [6, 6.07) is 11.9. The standard InChI is InChI=1S/C16H12ClFN2OS/c17-13-2-1-3-14(18)12(13)8-21-11-6-4-10(5-7-11)15-9-22-16(19)20-15/h1-7,9H,8H2,(H2,19,20). The molecule has 0 amide bonds. The van der Waals surface area contributed by atoms with Crippen molar-refractivity contribution in [2.75, 3.05) is 5.73 Å². The van der Waals surface area contributed by atoms with Crippen molar-refractivity contribution in [3.8, 4) is 17.0 Å². The maximum absolute atomic E-state index is 13.7. The highest BCUT2D eigenvalue weighted by molar-refractivity contribution is 7.13. The minimum Gasteiger partial charge on any atom is -0.489 e. The van der Waals surface area contributed by atoms with Crippen molar-refractivity contribution in [3.63, 3.8) is 0 Å². The van der Waals surface area contributed by atoms with Crippen molar-refractivity contribution >= 4 is 28.1 Å². The summed E-state index contributed by atoms with van der Waals surface area (Å²) in [5.41, 5.74) is 7.74. The number of benzene rings is 2. The van der Waals surface area contributed by atoms with Crippen molar-refractivity contribution < 1.29 is 9.13 Å². The van der Waals surface area contributed by atoms with Gasteiger partial charge in [-0.25, -0.2) is 9.37 Å². The molecule has 1 heterocycles. The molecule has 0 saturated carbocycles. The molecular formula is C16H12ClFN2OS. The van der Waals surface area contributed by atoms with E-state index in [2.05, 4.69) is 4.98 Å². The molecule has 2 N–H and O–H groups in total. The highest BCUT2D eigenvalue weighted by Crippen LogP contribution is 2.26. The molecule has 0 spiro atoms. The van der Waals surface area contributed by atoms with Crippen molar-refractivity contribution in [1.29, 1.82) is 0 Å². The molecule has 0 bridgehead atoms. The fourth-order valence-electron chi connectivity index (χ4n) is 1.97. The summed E-state index contributed by atoms with van der Waals surface area (Å²) in [5, 5.41) is 2.78. The lowest BCUT2D eigenvalue weighted by atomic mass is 10.2. The molecule has 22 heavy (non-hydrogen) atoms. The van der Waals surface area contributed by atoms with E-state index in [1.165, 1.54) is 17.4 Å². The third-order valence-electron chi connectivity index (χ3n) is 3.12. The average molecular weight is 335 g/mol. The molecule has 1 aromatic heterocycles. The molecule has 2 aromatic carbocycles. The van der Waals surface area contributed by atoms with Gasteiger partial charge in [0.05, 0.1) is 10.7 Å². The van der Waals surface area contributed by atoms with E-state index in [9.17, 15) is 4.39 Å². The van der Waals surface area contributed by atoms with Crippen molar-refractivity contribution in [2.24, 2.45) is 0 Å². The molecule has 0 aliphatic rings. The van der Waals surface area contributed by atoms with Gasteiger partial charge < -0.3 is 10.5 Å². The van der Waals surface area contributed by atoms with Gasteiger partial charge in [-0.15, -0.1) is 11.3 Å². The number of nitrogens with zero attached hydrogens (tertiary/aromatic N) is 1. The Kier molecular flexibility index (Phi) is 4.27. The molecule has 112 valence electrons. The molecule has 0 aliphatic carbocycles. The van der Waals surface area contributed by atoms with Crippen LogP contribution < -0.4 is 10.5 Å². The summed E-state index contributed by atoms with van der Waals surface area (Å²) in [7, 11) is 0. The monoisotopic (exact) mass is 334 g/mol. The Labute approximate surface area is 136 Å². The average Bonchev–Trinajstić information content (AvgIpc) is 2.94. The van der Waals surface area contributed by atoms with Crippen molar-refractivity contribution in [1.82, 2.24) is 4.98 Å². The van der Waals surface area contributed by atoms with Gasteiger partial charge in [-0.3, -0.25) is 0 Å². The molecule has 0 atom stereocenters. The van der Waals surface area contributed by atoms with Crippen LogP contribution in [0.2, 0.25) is 5.02 Å². The number of hydrogen-bond donors (Lipinski definition) is 1. The third kappa shape index (κ3) is 3.21. The van der Waals surface area contributed by atoms with E-state index in [0.29, 0.717) is 21.5 Å². The second-order valence-corrected chi connectivity index (χ2v) is 5.88. The number of nitrogen functional groups attached to an aromatic ring is 1. The molecule has 0 unspecified atom stereocenters. The number of anilines is 1. The Hall–Kier alpha value is -2.11. The van der Waals surface area contributed by atoms with Gasteiger partial charge >= 0.3 is 0 Å². The minimum atomic E-state index is -0.373. The van der Waals surface area contributed by atoms with Gasteiger partial charge in [-0.05, 0) is 36.4 Å². The van der Waals surface area contributed by atoms with Crippen LogP contribution in [0.3, 0.4) is 0 Å². The lowest BCUT2D eigenvalue weighted by molar-refractivity contribution is 0.300. The third-order valence-corrected chi connectivity index (χ3v) is 4.14. The predicted molar refractivity (Wildman–Crippen MR) is 87.7 cm³/mol. The normalized spacial score (nSPS) is 10.6. The molecule has 3 rings (SSSR count). The van der Waals surface area contributed by atoms with E-state index in [1.807, 2.05) is 17.5 Å². The zero-order valence-electron chi connectivity index (χ0n) is 11.4. The van der Waals surface area contributed by atoms with Crippen LogP contribution in [0, 0.1) is 5.82 Å². The molecule has 0 saturated heterocycles. The van der Waals surface area contributed by atoms with Crippen LogP contribution in [-0.2, 0) is 6.61 Å². The van der Waals surface area contributed by atoms with Crippen LogP contribution in [0.1, 0.15) is 5.56 Å². The van der Waals surface area contributed by atoms with Gasteiger partial charge in [0.25, 0.3) is 0 Å². The second kappa shape index (κ2) is 6.34. The van der Waals surface area contributed by atoms with Crippen LogP contribution in [0.15, 0.2) is 47.8 Å². The lowest BCUT2D eigenvalue weighted by Gasteiger charge is -2.09. The zero-order chi connectivity index (χ0) is 15.5. The van der Waals surface area contributed by atoms with Crippen LogP contribution in [0.5, 0.6) is 5.75 Å². The van der Waals surface area contributed by atoms with E-state index in [-0.39, 0.29) is 12.4 Å². The SMILES string of the molecule is Nc1nc(-c2ccc(OCc3c(F)cccc3Cl)cc2)cs1. The van der Waals surface area contributed by atoms with E-state index < -0.39 is 0 Å². The fourth-order valence-corrected chi connectivity index (χ4v) is 2.76. The van der Waals surface area contributed by atoms with Crippen molar-refractivity contribution in [3.05, 3.63) is 64.2 Å². The Bertz CT molecular complexity index is 769. The molecular weight excluding hydrogens is 323 g/mol. The topological polar surface area (TPSA) is 48.1 Å². The summed E-state index contributed by atoms with van der Waals surface area (Å²) < 4.78 is 19.2. The fraction of sp³-hybridized carbons (Fsp3) is 0.0625. The van der Waals surface area contributed by atoms with Crippen LogP contribution in [0.4, 0.5) is 9.52 Å². The van der Waals surface area contributed by atoms with Gasteiger partial charge in [0.15, 0.2) is 5.13 Å². The smallest absolute Gasteiger partial charge is 0.180 e. The highest BCUT2D eigenvalue weighted by atomic mass is 35.5. The number of hydrogen-bond acceptors (Lipinski definition) is 4. The summed E-state index contributed by atoms with van der Waals surface area (Å²) in [6.07, 6.45) is 0. The Morgan fingerprint density at radius 3 is 2.59 bits per heavy atom. The first kappa shape index (κ1) is 14.8. The van der Waals surface area contributed by atoms with Gasteiger partial charge in [0, 0.05) is 16.5 Å². The second-order valence-electron chi connectivity index (χ2n) is 4.58. The van der Waals surface area contributed by atoms with Gasteiger partial charge in [-0.2, -0.15) is 0 Å². The Morgan fingerprint density at radius 2 is 1.95 bits per heavy atom. The number of aromatic nitrogens is 1. The Morgan fingerprint density at radius 1 is 1.18 bits per heavy atom. The molecule has 3 aromatic rings. The zero-order valence-corrected chi connectivity index (χ0v) is 13.0. The molecule has 3 nitrogen and oxygen atoms in total. The molecule has 0 fully saturated rings. The van der Waals surface area contributed by atoms with E-state index in [0.717, 1.165) is 11.3 Å². The summed E-state index contributed by atoms with van der Waals surface area (Å²) in [5.74, 6) is 0.258. The summed E-state index contributed by atoms with van der Waals surface area (Å²) in [6.45, 7) is 0.0779. The quantitative estimate of drug-likeness (QED) is 0.748. The van der Waals surface area contributed by atoms with Gasteiger partial charge in [0.1, 0.15) is 18.2 Å². The van der Waals surface area contributed by atoms with E-state index in [1.54, 1.807) is 24.3 Å². The summed E-state index contributed by atoms with van der Waals surface area (Å²) >= 11 is 7.36. The van der Waals surface area contributed by atoms with E-state index >= 15 is 0 Å². The maximum atomic E-state index is 13.7. The number of halogens is 2. The van der Waals surface area contributed by atoms with Crippen molar-refractivity contribution in [2.45, 2.75) is 6.61 Å². The number of nitrogens with two attached hydrogens (primary N) is 1. The number of thiazole rings is 1. The number of ether oxygens (including phenoxy) is 1. The minimum absolute atomic E-state index is 0.0779. The van der Waals surface area contributed by atoms with Crippen LogP contribution in [-0.4, -0.2) is 4.98 Å². The number of rotatable bonds is 4. The highest BCUT2D eigenvalue weighted by Gasteiger charge is 2.08. The van der Waals surface area contributed by atoms with E-state index in [4.69, 9.17) is 22.1 Å². The lowest BCUT2D eigenvalue weighted by Crippen LogP contribution is -1.99. The first-order valence-corrected chi connectivity index (χ1v) is 7.76. The first-order chi connectivity index (χ1) is 10.6. The maximum Gasteiger partial charge on any atom is 0.180 e. The largest absolute Gasteiger partial charge is 0.489 e. The predicted octanol–water partition coefficient (Wildman–Crippen LogP) is 4.76. The van der Waals surface area contributed by atoms with Crippen LogP contribution >= 0.6 is 22.9 Å². The summed E-state index contributed by atoms with van der Waals surface area (Å²) in [4.78, 5) is 4.22. The molecule has 6 heteroatoms. The Balaban J connectivity index is 1.71. The van der Waals surface area contributed by atoms with Crippen LogP contribution in [0.25, 0.3) is 11.3 Å². The van der Waals surface area contributed by atoms with Gasteiger partial charge in [0.2, 0.25) is 0 Å². The molecule has 0 radical (unpaired) electrons. The first-order valence-electron chi connectivity index (χ1n) is 6.50.